The van der Waals surface area contributed by atoms with Gasteiger partial charge < -0.3 is 10.6 Å². The molecule has 1 unspecified atom stereocenters. The van der Waals surface area contributed by atoms with Crippen LogP contribution in [0.25, 0.3) is 0 Å². The van der Waals surface area contributed by atoms with Crippen LogP contribution < -0.4 is 10.6 Å². The highest BCUT2D eigenvalue weighted by atomic mass is 32.2. The molecule has 4 heteroatoms. The van der Waals surface area contributed by atoms with Crippen LogP contribution >= 0.6 is 11.8 Å². The molecule has 0 saturated carbocycles. The summed E-state index contributed by atoms with van der Waals surface area (Å²) < 4.78 is 13.8. The molecular formula is C12H17FN2S. The lowest BCUT2D eigenvalue weighted by Crippen LogP contribution is -2.39. The fourth-order valence-electron chi connectivity index (χ4n) is 2.01. The minimum Gasteiger partial charge on any atom is -0.365 e. The van der Waals surface area contributed by atoms with Crippen LogP contribution in [0.2, 0.25) is 0 Å². The van der Waals surface area contributed by atoms with E-state index in [2.05, 4.69) is 11.8 Å². The lowest BCUT2D eigenvalue weighted by atomic mass is 10.2. The molecular weight excluding hydrogens is 223 g/mol. The number of para-hydroxylation sites is 1. The van der Waals surface area contributed by atoms with Crippen LogP contribution in [0.3, 0.4) is 0 Å². The first kappa shape index (κ1) is 11.7. The highest BCUT2D eigenvalue weighted by molar-refractivity contribution is 7.99. The third-order valence-corrected chi connectivity index (χ3v) is 4.14. The highest BCUT2D eigenvalue weighted by Gasteiger charge is 2.25. The SMILES string of the molecule is CC1CSc2cccc(F)c2N1CCCN. The summed E-state index contributed by atoms with van der Waals surface area (Å²) in [7, 11) is 0. The van der Waals surface area contributed by atoms with Gasteiger partial charge in [-0.2, -0.15) is 0 Å². The maximum atomic E-state index is 13.8. The van der Waals surface area contributed by atoms with E-state index in [1.165, 1.54) is 6.07 Å². The van der Waals surface area contributed by atoms with E-state index >= 15 is 0 Å². The molecule has 16 heavy (non-hydrogen) atoms. The largest absolute Gasteiger partial charge is 0.365 e. The van der Waals surface area contributed by atoms with Gasteiger partial charge in [0, 0.05) is 23.2 Å². The number of anilines is 1. The van der Waals surface area contributed by atoms with Gasteiger partial charge in [0.15, 0.2) is 0 Å². The first-order valence-corrected chi connectivity index (χ1v) is 6.60. The Kier molecular flexibility index (Phi) is 3.71. The number of hydrogen-bond donors (Lipinski definition) is 1. The molecule has 0 amide bonds. The molecule has 1 aromatic carbocycles. The maximum absolute atomic E-state index is 13.8. The molecule has 1 atom stereocenters. The summed E-state index contributed by atoms with van der Waals surface area (Å²) in [5.41, 5.74) is 6.29. The molecule has 0 radical (unpaired) electrons. The topological polar surface area (TPSA) is 29.3 Å². The van der Waals surface area contributed by atoms with Gasteiger partial charge in [0.25, 0.3) is 0 Å². The van der Waals surface area contributed by atoms with Crippen molar-refractivity contribution in [3.05, 3.63) is 24.0 Å². The first-order chi connectivity index (χ1) is 7.74. The second kappa shape index (κ2) is 5.06. The zero-order chi connectivity index (χ0) is 11.5. The van der Waals surface area contributed by atoms with Crippen molar-refractivity contribution >= 4 is 17.4 Å². The van der Waals surface area contributed by atoms with E-state index in [4.69, 9.17) is 5.73 Å². The van der Waals surface area contributed by atoms with Crippen LogP contribution in [0.5, 0.6) is 0 Å². The van der Waals surface area contributed by atoms with E-state index in [-0.39, 0.29) is 5.82 Å². The Morgan fingerprint density at radius 2 is 2.38 bits per heavy atom. The average Bonchev–Trinajstić information content (AvgIpc) is 2.28. The highest BCUT2D eigenvalue weighted by Crippen LogP contribution is 2.38. The van der Waals surface area contributed by atoms with Crippen LogP contribution in [0.1, 0.15) is 13.3 Å². The smallest absolute Gasteiger partial charge is 0.147 e. The van der Waals surface area contributed by atoms with Gasteiger partial charge >= 0.3 is 0 Å². The van der Waals surface area contributed by atoms with Gasteiger partial charge in [0.05, 0.1) is 5.69 Å². The van der Waals surface area contributed by atoms with Crippen molar-refractivity contribution in [2.45, 2.75) is 24.3 Å². The average molecular weight is 240 g/mol. The summed E-state index contributed by atoms with van der Waals surface area (Å²) in [4.78, 5) is 3.20. The third kappa shape index (κ3) is 2.18. The number of nitrogens with zero attached hydrogens (tertiary/aromatic N) is 1. The number of hydrogen-bond acceptors (Lipinski definition) is 3. The van der Waals surface area contributed by atoms with E-state index < -0.39 is 0 Å². The molecule has 2 nitrogen and oxygen atoms in total. The summed E-state index contributed by atoms with van der Waals surface area (Å²) in [6.45, 7) is 3.63. The zero-order valence-corrected chi connectivity index (χ0v) is 10.3. The van der Waals surface area contributed by atoms with Crippen molar-refractivity contribution < 1.29 is 4.39 Å². The van der Waals surface area contributed by atoms with Crippen molar-refractivity contribution in [1.82, 2.24) is 0 Å². The van der Waals surface area contributed by atoms with Crippen LogP contribution in [0.4, 0.5) is 10.1 Å². The third-order valence-electron chi connectivity index (χ3n) is 2.85. The summed E-state index contributed by atoms with van der Waals surface area (Å²) in [5, 5.41) is 0. The molecule has 0 aliphatic carbocycles. The second-order valence-corrected chi connectivity index (χ2v) is 5.14. The normalized spacial score (nSPS) is 19.7. The van der Waals surface area contributed by atoms with E-state index in [1.54, 1.807) is 17.8 Å². The van der Waals surface area contributed by atoms with Gasteiger partial charge in [-0.15, -0.1) is 11.8 Å². The molecule has 2 rings (SSSR count). The quantitative estimate of drug-likeness (QED) is 0.880. The predicted octanol–water partition coefficient (Wildman–Crippen LogP) is 2.48. The zero-order valence-electron chi connectivity index (χ0n) is 9.45. The first-order valence-electron chi connectivity index (χ1n) is 5.62. The molecule has 88 valence electrons. The predicted molar refractivity (Wildman–Crippen MR) is 67.6 cm³/mol. The molecule has 0 aromatic heterocycles. The van der Waals surface area contributed by atoms with Gasteiger partial charge in [0.1, 0.15) is 5.82 Å². The van der Waals surface area contributed by atoms with Crippen LogP contribution in [-0.4, -0.2) is 24.9 Å². The Morgan fingerprint density at radius 1 is 1.56 bits per heavy atom. The Labute approximate surface area is 100 Å². The van der Waals surface area contributed by atoms with Gasteiger partial charge in [-0.1, -0.05) is 6.07 Å². The standard InChI is InChI=1S/C12H17FN2S/c1-9-8-16-11-5-2-4-10(13)12(11)15(9)7-3-6-14/h2,4-5,9H,3,6-8,14H2,1H3. The van der Waals surface area contributed by atoms with Gasteiger partial charge in [0.2, 0.25) is 0 Å². The summed E-state index contributed by atoms with van der Waals surface area (Å²) in [6, 6.07) is 5.68. The molecule has 0 saturated heterocycles. The van der Waals surface area contributed by atoms with E-state index in [1.807, 2.05) is 6.07 Å². The number of halogens is 1. The van der Waals surface area contributed by atoms with E-state index in [0.717, 1.165) is 29.3 Å². The fourth-order valence-corrected chi connectivity index (χ4v) is 3.13. The Bertz CT molecular complexity index is 370. The number of rotatable bonds is 3. The van der Waals surface area contributed by atoms with Crippen LogP contribution in [0, 0.1) is 5.82 Å². The molecule has 1 heterocycles. The van der Waals surface area contributed by atoms with Gasteiger partial charge in [-0.05, 0) is 32.0 Å². The maximum Gasteiger partial charge on any atom is 0.147 e. The number of thioether (sulfide) groups is 1. The van der Waals surface area contributed by atoms with Crippen LogP contribution in [-0.2, 0) is 0 Å². The van der Waals surface area contributed by atoms with Gasteiger partial charge in [-0.3, -0.25) is 0 Å². The van der Waals surface area contributed by atoms with Crippen molar-refractivity contribution in [2.24, 2.45) is 5.73 Å². The summed E-state index contributed by atoms with van der Waals surface area (Å²) in [6.07, 6.45) is 0.906. The van der Waals surface area contributed by atoms with E-state index in [0.29, 0.717) is 12.6 Å². The van der Waals surface area contributed by atoms with Crippen molar-refractivity contribution in [1.29, 1.82) is 0 Å². The monoisotopic (exact) mass is 240 g/mol. The Hall–Kier alpha value is -0.740. The Balaban J connectivity index is 2.31. The van der Waals surface area contributed by atoms with E-state index in [9.17, 15) is 4.39 Å². The summed E-state index contributed by atoms with van der Waals surface area (Å²) >= 11 is 1.74. The summed E-state index contributed by atoms with van der Waals surface area (Å²) in [5.74, 6) is 0.898. The van der Waals surface area contributed by atoms with Crippen molar-refractivity contribution in [2.75, 3.05) is 23.7 Å². The molecule has 1 aliphatic heterocycles. The second-order valence-electron chi connectivity index (χ2n) is 4.08. The molecule has 2 N–H and O–H groups in total. The molecule has 1 aliphatic rings. The molecule has 0 spiro atoms. The number of benzene rings is 1. The Morgan fingerprint density at radius 3 is 3.12 bits per heavy atom. The minimum absolute atomic E-state index is 0.117. The van der Waals surface area contributed by atoms with Crippen LogP contribution in [0.15, 0.2) is 23.1 Å². The minimum atomic E-state index is -0.117. The molecule has 0 fully saturated rings. The number of fused-ring (bicyclic) bond motifs is 1. The van der Waals surface area contributed by atoms with Crippen molar-refractivity contribution in [3.8, 4) is 0 Å². The lowest BCUT2D eigenvalue weighted by molar-refractivity contribution is 0.585. The van der Waals surface area contributed by atoms with Gasteiger partial charge in [-0.25, -0.2) is 4.39 Å². The number of nitrogens with two attached hydrogens (primary N) is 1. The van der Waals surface area contributed by atoms with Crippen molar-refractivity contribution in [3.63, 3.8) is 0 Å². The fraction of sp³-hybridized carbons (Fsp3) is 0.500. The lowest BCUT2D eigenvalue weighted by Gasteiger charge is -2.36. The molecule has 0 bridgehead atoms. The molecule has 1 aromatic rings.